The molecule has 150 valence electrons. The van der Waals surface area contributed by atoms with Crippen LogP contribution in [0, 0.1) is 0 Å². The quantitative estimate of drug-likeness (QED) is 0.101. The molecule has 0 aromatic rings. The summed E-state index contributed by atoms with van der Waals surface area (Å²) in [6, 6.07) is 0. The van der Waals surface area contributed by atoms with Crippen LogP contribution in [0.4, 0.5) is 0 Å². The molecule has 0 aliphatic heterocycles. The predicted molar refractivity (Wildman–Crippen MR) is 123 cm³/mol. The van der Waals surface area contributed by atoms with Gasteiger partial charge in [-0.1, -0.05) is 90.9 Å². The molecule has 0 aromatic carbocycles. The van der Waals surface area contributed by atoms with Gasteiger partial charge < -0.3 is 41.5 Å². The van der Waals surface area contributed by atoms with Crippen molar-refractivity contribution in [2.45, 2.75) is 117 Å². The Balaban J connectivity index is 3.73. The van der Waals surface area contributed by atoms with Crippen molar-refractivity contribution >= 4 is 42.0 Å². The van der Waals surface area contributed by atoms with Crippen LogP contribution in [0.15, 0.2) is 0 Å². The van der Waals surface area contributed by atoms with Gasteiger partial charge in [-0.25, -0.2) is 0 Å². The highest BCUT2D eigenvalue weighted by atomic mass is 32.1. The van der Waals surface area contributed by atoms with E-state index >= 15 is 0 Å². The van der Waals surface area contributed by atoms with Crippen LogP contribution in [0.2, 0.25) is 0 Å². The van der Waals surface area contributed by atoms with E-state index in [1.54, 1.807) is 0 Å². The second kappa shape index (κ2) is 18.0. The van der Waals surface area contributed by atoms with Gasteiger partial charge in [-0.05, 0) is 25.7 Å². The number of quaternary nitrogens is 1. The zero-order valence-corrected chi connectivity index (χ0v) is 19.3. The topological polar surface area (TPSA) is 0 Å². The van der Waals surface area contributed by atoms with E-state index in [0.29, 0.717) is 8.21 Å². The average molecular weight is 405 g/mol. The molecule has 0 heterocycles. The summed E-state index contributed by atoms with van der Waals surface area (Å²) in [7, 11) is 0. The van der Waals surface area contributed by atoms with Gasteiger partial charge in [-0.2, -0.15) is 0 Å². The average Bonchev–Trinajstić information content (AvgIpc) is 2.59. The SMILES string of the molecule is CCCCCCCCCC[N+]([S-])(CCCCCCCCCC)C(=S)[S-]. The molecule has 0 aliphatic rings. The standard InChI is InChI=1S/C21H43NS3/c1-3-5-7-9-11-13-15-17-19-22(25,21(23)24)20-18-16-14-12-10-8-6-4-2/h3-20H2,1-2H3,(H,23,24)/p-1. The van der Waals surface area contributed by atoms with Gasteiger partial charge in [0.15, 0.2) is 0 Å². The van der Waals surface area contributed by atoms with Crippen molar-refractivity contribution in [2.24, 2.45) is 0 Å². The molecule has 0 rings (SSSR count). The molecule has 0 bridgehead atoms. The first kappa shape index (κ1) is 25.6. The normalized spacial score (nSPS) is 11.8. The Morgan fingerprint density at radius 1 is 0.600 bits per heavy atom. The summed E-state index contributed by atoms with van der Waals surface area (Å²) in [6.45, 7) is 6.46. The number of nitrogens with zero attached hydrogens (tertiary/aromatic N) is 1. The lowest BCUT2D eigenvalue weighted by molar-refractivity contribution is -0.691. The van der Waals surface area contributed by atoms with Gasteiger partial charge in [-0.3, -0.25) is 0 Å². The Labute approximate surface area is 175 Å². The minimum Gasteiger partial charge on any atom is -0.489 e. The summed E-state index contributed by atoms with van der Waals surface area (Å²) in [5.74, 6) is 0. The molecular formula is C21H42NS3-. The molecule has 0 saturated carbocycles. The first-order valence-corrected chi connectivity index (χ1v) is 12.0. The lowest BCUT2D eigenvalue weighted by atomic mass is 10.1. The Morgan fingerprint density at radius 2 is 0.880 bits per heavy atom. The predicted octanol–water partition coefficient (Wildman–Crippen LogP) is 7.38. The molecule has 0 unspecified atom stereocenters. The van der Waals surface area contributed by atoms with Crippen LogP contribution in [0.5, 0.6) is 0 Å². The van der Waals surface area contributed by atoms with Crippen LogP contribution in [0.1, 0.15) is 117 Å². The fourth-order valence-corrected chi connectivity index (χ4v) is 3.92. The third-order valence-corrected chi connectivity index (χ3v) is 6.56. The molecular weight excluding hydrogens is 362 g/mol. The van der Waals surface area contributed by atoms with Crippen molar-refractivity contribution in [3.63, 3.8) is 0 Å². The van der Waals surface area contributed by atoms with Crippen LogP contribution >= 0.6 is 12.2 Å². The second-order valence-corrected chi connectivity index (χ2v) is 9.28. The third kappa shape index (κ3) is 15.4. The zero-order valence-electron chi connectivity index (χ0n) is 16.9. The summed E-state index contributed by atoms with van der Waals surface area (Å²) in [5, 5.41) is 0. The van der Waals surface area contributed by atoms with Crippen LogP contribution in [0.3, 0.4) is 0 Å². The van der Waals surface area contributed by atoms with E-state index in [0.717, 1.165) is 13.1 Å². The maximum atomic E-state index is 5.79. The molecule has 0 N–H and O–H groups in total. The molecule has 0 aliphatic carbocycles. The van der Waals surface area contributed by atoms with E-state index in [-0.39, 0.29) is 0 Å². The lowest BCUT2D eigenvalue weighted by Gasteiger charge is -2.47. The number of thiocarbonyl (C=S) groups is 1. The number of rotatable bonds is 18. The van der Waals surface area contributed by atoms with Crippen molar-refractivity contribution in [1.29, 1.82) is 0 Å². The van der Waals surface area contributed by atoms with E-state index < -0.39 is 0 Å². The molecule has 0 aromatic heterocycles. The highest BCUT2D eigenvalue weighted by Gasteiger charge is 2.12. The zero-order chi connectivity index (χ0) is 18.8. The van der Waals surface area contributed by atoms with E-state index in [4.69, 9.17) is 37.7 Å². The Kier molecular flexibility index (Phi) is 18.5. The molecule has 0 fully saturated rings. The molecule has 1 nitrogen and oxygen atoms in total. The molecule has 0 spiro atoms. The van der Waals surface area contributed by atoms with Crippen molar-refractivity contribution in [3.05, 3.63) is 0 Å². The maximum Gasteiger partial charge on any atom is 0.0656 e. The van der Waals surface area contributed by atoms with E-state index in [9.17, 15) is 0 Å². The van der Waals surface area contributed by atoms with Gasteiger partial charge in [0.1, 0.15) is 0 Å². The number of unbranched alkanes of at least 4 members (excludes halogenated alkanes) is 14. The van der Waals surface area contributed by atoms with Gasteiger partial charge in [0, 0.05) is 4.32 Å². The summed E-state index contributed by atoms with van der Waals surface area (Å²) in [5.41, 5.74) is 0. The van der Waals surface area contributed by atoms with Gasteiger partial charge >= 0.3 is 0 Å². The molecule has 4 heteroatoms. The van der Waals surface area contributed by atoms with Gasteiger partial charge in [0.2, 0.25) is 0 Å². The second-order valence-electron chi connectivity index (χ2n) is 7.55. The highest BCUT2D eigenvalue weighted by molar-refractivity contribution is 8.00. The lowest BCUT2D eigenvalue weighted by Crippen LogP contribution is -2.47. The van der Waals surface area contributed by atoms with Crippen LogP contribution < -0.4 is 0 Å². The van der Waals surface area contributed by atoms with Crippen molar-refractivity contribution in [3.8, 4) is 0 Å². The Bertz CT molecular complexity index is 288. The Hall–Kier alpha value is 0.620. The van der Waals surface area contributed by atoms with Gasteiger partial charge in [0.05, 0.1) is 13.1 Å². The van der Waals surface area contributed by atoms with Crippen molar-refractivity contribution < 1.29 is 3.89 Å². The van der Waals surface area contributed by atoms with Crippen molar-refractivity contribution in [2.75, 3.05) is 13.1 Å². The number of hydrogen-bond donors (Lipinski definition) is 0. The van der Waals surface area contributed by atoms with Crippen molar-refractivity contribution in [1.82, 2.24) is 0 Å². The minimum absolute atomic E-state index is 0.427. The summed E-state index contributed by atoms with van der Waals surface area (Å²) >= 11 is 16.4. The van der Waals surface area contributed by atoms with E-state index in [2.05, 4.69) is 13.8 Å². The molecule has 0 radical (unpaired) electrons. The van der Waals surface area contributed by atoms with Gasteiger partial charge in [0.25, 0.3) is 0 Å². The number of hydrogen-bond acceptors (Lipinski definition) is 3. The largest absolute Gasteiger partial charge is 0.489 e. The summed E-state index contributed by atoms with van der Waals surface area (Å²) in [4.78, 5) is 0. The first-order chi connectivity index (χ1) is 12.1. The summed E-state index contributed by atoms with van der Waals surface area (Å²) < 4.78 is 1.01. The minimum atomic E-state index is 0.427. The first-order valence-electron chi connectivity index (χ1n) is 10.9. The monoisotopic (exact) mass is 404 g/mol. The van der Waals surface area contributed by atoms with E-state index in [1.165, 1.54) is 103 Å². The maximum absolute atomic E-state index is 5.79. The Morgan fingerprint density at radius 3 is 1.16 bits per heavy atom. The van der Waals surface area contributed by atoms with Gasteiger partial charge in [-0.15, -0.1) is 0 Å². The molecule has 0 amide bonds. The van der Waals surface area contributed by atoms with Crippen LogP contribution in [-0.2, 0) is 25.4 Å². The fourth-order valence-electron chi connectivity index (χ4n) is 3.30. The smallest absolute Gasteiger partial charge is 0.0656 e. The molecule has 0 saturated heterocycles. The molecule has 0 atom stereocenters. The van der Waals surface area contributed by atoms with E-state index in [1.807, 2.05) is 0 Å². The summed E-state index contributed by atoms with van der Waals surface area (Å²) in [6.07, 6.45) is 21.3. The third-order valence-electron chi connectivity index (χ3n) is 5.08. The van der Waals surface area contributed by atoms with Crippen LogP contribution in [-0.4, -0.2) is 21.3 Å². The highest BCUT2D eigenvalue weighted by Crippen LogP contribution is 2.16. The fraction of sp³-hybridized carbons (Fsp3) is 0.952. The van der Waals surface area contributed by atoms with Crippen LogP contribution in [0.25, 0.3) is 0 Å². The molecule has 25 heavy (non-hydrogen) atoms.